The predicted octanol–water partition coefficient (Wildman–Crippen LogP) is 2.97. The van der Waals surface area contributed by atoms with E-state index >= 15 is 0 Å². The van der Waals surface area contributed by atoms with Crippen molar-refractivity contribution in [1.29, 1.82) is 0 Å². The molecule has 0 aliphatic heterocycles. The Morgan fingerprint density at radius 3 is 2.57 bits per heavy atom. The lowest BCUT2D eigenvalue weighted by Crippen LogP contribution is -2.07. The molecule has 1 aromatic carbocycles. The second-order valence-corrected chi connectivity index (χ2v) is 3.66. The van der Waals surface area contributed by atoms with E-state index < -0.39 is 0 Å². The van der Waals surface area contributed by atoms with Crippen LogP contribution in [0.5, 0.6) is 5.75 Å². The molecule has 0 aromatic heterocycles. The number of hydrogen-bond acceptors (Lipinski definition) is 2. The summed E-state index contributed by atoms with van der Waals surface area (Å²) in [6, 6.07) is 1.46. The predicted molar refractivity (Wildman–Crippen MR) is 57.2 cm³/mol. The van der Waals surface area contributed by atoms with E-state index in [0.29, 0.717) is 11.3 Å². The lowest BCUT2D eigenvalue weighted by Gasteiger charge is -2.10. The molecular weight excluding hydrogens is 225 g/mol. The van der Waals surface area contributed by atoms with Gasteiger partial charge in [0, 0.05) is 12.6 Å². The summed E-state index contributed by atoms with van der Waals surface area (Å²) in [5, 5.41) is 12.2. The largest absolute Gasteiger partial charge is 0.505 e. The number of benzene rings is 1. The molecule has 1 rings (SSSR count). The van der Waals surface area contributed by atoms with E-state index in [1.807, 2.05) is 0 Å². The second-order valence-electron chi connectivity index (χ2n) is 2.87. The summed E-state index contributed by atoms with van der Waals surface area (Å²) in [6.07, 6.45) is 0. The first kappa shape index (κ1) is 11.1. The third-order valence-corrected chi connectivity index (χ3v) is 2.50. The lowest BCUT2D eigenvalue weighted by atomic mass is 10.2. The molecule has 0 radical (unpaired) electrons. The molecule has 1 aromatic rings. The molecule has 0 unspecified atom stereocenters. The maximum Gasteiger partial charge on any atom is 0.221 e. The van der Waals surface area contributed by atoms with Crippen molar-refractivity contribution in [1.82, 2.24) is 0 Å². The van der Waals surface area contributed by atoms with Crippen LogP contribution in [0, 0.1) is 6.92 Å². The van der Waals surface area contributed by atoms with Crippen molar-refractivity contribution < 1.29 is 9.90 Å². The van der Waals surface area contributed by atoms with Crippen LogP contribution in [0.25, 0.3) is 0 Å². The van der Waals surface area contributed by atoms with Gasteiger partial charge in [0.1, 0.15) is 0 Å². The fraction of sp³-hybridized carbons (Fsp3) is 0.222. The van der Waals surface area contributed by atoms with Gasteiger partial charge in [-0.3, -0.25) is 4.79 Å². The van der Waals surface area contributed by atoms with Crippen molar-refractivity contribution in [2.75, 3.05) is 5.32 Å². The van der Waals surface area contributed by atoms with Gasteiger partial charge in [-0.1, -0.05) is 23.2 Å². The van der Waals surface area contributed by atoms with E-state index in [9.17, 15) is 9.90 Å². The molecule has 0 saturated carbocycles. The zero-order chi connectivity index (χ0) is 10.9. The third-order valence-electron chi connectivity index (χ3n) is 1.75. The van der Waals surface area contributed by atoms with Crippen LogP contribution in [0.1, 0.15) is 12.5 Å². The molecule has 0 aliphatic rings. The summed E-state index contributed by atoms with van der Waals surface area (Å²) in [6.45, 7) is 3.07. The Hall–Kier alpha value is -0.930. The van der Waals surface area contributed by atoms with Gasteiger partial charge in [0.2, 0.25) is 5.91 Å². The van der Waals surface area contributed by atoms with Crippen molar-refractivity contribution in [2.45, 2.75) is 13.8 Å². The number of phenols is 1. The van der Waals surface area contributed by atoms with Crippen molar-refractivity contribution in [3.05, 3.63) is 21.7 Å². The Morgan fingerprint density at radius 2 is 2.07 bits per heavy atom. The fourth-order valence-electron chi connectivity index (χ4n) is 1.02. The maximum atomic E-state index is 10.8. The minimum absolute atomic E-state index is 0.115. The number of rotatable bonds is 1. The number of hydrogen-bond donors (Lipinski definition) is 2. The van der Waals surface area contributed by atoms with Gasteiger partial charge >= 0.3 is 0 Å². The van der Waals surface area contributed by atoms with Crippen molar-refractivity contribution >= 4 is 34.8 Å². The molecule has 1 amide bonds. The number of carbonyl (C=O) groups excluding carboxylic acids is 1. The monoisotopic (exact) mass is 233 g/mol. The summed E-state index contributed by atoms with van der Waals surface area (Å²) in [5.41, 5.74) is 1.09. The summed E-state index contributed by atoms with van der Waals surface area (Å²) in [4.78, 5) is 10.8. The molecule has 0 saturated heterocycles. The molecule has 2 N–H and O–H groups in total. The van der Waals surface area contributed by atoms with E-state index in [4.69, 9.17) is 23.2 Å². The van der Waals surface area contributed by atoms with Crippen LogP contribution in [0.3, 0.4) is 0 Å². The van der Waals surface area contributed by atoms with Crippen LogP contribution in [0.15, 0.2) is 6.07 Å². The molecule has 76 valence electrons. The molecule has 0 fully saturated rings. The summed E-state index contributed by atoms with van der Waals surface area (Å²) >= 11 is 11.5. The molecule has 0 aliphatic carbocycles. The van der Waals surface area contributed by atoms with Gasteiger partial charge in [0.15, 0.2) is 5.75 Å². The zero-order valence-corrected chi connectivity index (χ0v) is 9.20. The highest BCUT2D eigenvalue weighted by Crippen LogP contribution is 2.38. The van der Waals surface area contributed by atoms with Crippen LogP contribution < -0.4 is 5.32 Å². The summed E-state index contributed by atoms with van der Waals surface area (Å²) in [5.74, 6) is -0.383. The van der Waals surface area contributed by atoms with E-state index in [1.165, 1.54) is 13.0 Å². The number of carbonyl (C=O) groups is 1. The van der Waals surface area contributed by atoms with Crippen molar-refractivity contribution in [3.63, 3.8) is 0 Å². The number of anilines is 1. The van der Waals surface area contributed by atoms with Gasteiger partial charge in [0.05, 0.1) is 10.0 Å². The van der Waals surface area contributed by atoms with Crippen LogP contribution in [-0.4, -0.2) is 11.0 Å². The maximum absolute atomic E-state index is 10.8. The van der Waals surface area contributed by atoms with Crippen molar-refractivity contribution in [3.8, 4) is 5.75 Å². The van der Waals surface area contributed by atoms with Gasteiger partial charge in [-0.05, 0) is 18.6 Å². The van der Waals surface area contributed by atoms with Gasteiger partial charge in [-0.2, -0.15) is 0 Å². The van der Waals surface area contributed by atoms with Crippen LogP contribution >= 0.6 is 23.2 Å². The smallest absolute Gasteiger partial charge is 0.221 e. The Morgan fingerprint density at radius 1 is 1.50 bits per heavy atom. The first-order valence-corrected chi connectivity index (χ1v) is 4.64. The molecule has 0 spiro atoms. The van der Waals surface area contributed by atoms with Gasteiger partial charge in [0.25, 0.3) is 0 Å². The Kier molecular flexibility index (Phi) is 3.24. The first-order valence-electron chi connectivity index (χ1n) is 3.88. The van der Waals surface area contributed by atoms with Gasteiger partial charge in [-0.25, -0.2) is 0 Å². The summed E-state index contributed by atoms with van der Waals surface area (Å²) < 4.78 is 0. The normalized spacial score (nSPS) is 10.0. The van der Waals surface area contributed by atoms with Crippen LogP contribution in [0.4, 0.5) is 5.69 Å². The van der Waals surface area contributed by atoms with Gasteiger partial charge < -0.3 is 10.4 Å². The Balaban J connectivity index is 3.25. The molecule has 3 nitrogen and oxygen atoms in total. The minimum atomic E-state index is -0.217. The Bertz CT molecular complexity index is 391. The van der Waals surface area contributed by atoms with Gasteiger partial charge in [-0.15, -0.1) is 0 Å². The quantitative estimate of drug-likeness (QED) is 0.734. The molecule has 0 bridgehead atoms. The SMILES string of the molecule is CC(=O)Nc1cc(Cl)c(O)c(Cl)c1C. The van der Waals surface area contributed by atoms with E-state index in [0.717, 1.165) is 0 Å². The number of halogens is 2. The first-order chi connectivity index (χ1) is 6.43. The van der Waals surface area contributed by atoms with Crippen molar-refractivity contribution in [2.24, 2.45) is 0 Å². The van der Waals surface area contributed by atoms with E-state index in [-0.39, 0.29) is 21.7 Å². The molecule has 0 atom stereocenters. The second kappa shape index (κ2) is 4.07. The van der Waals surface area contributed by atoms with Crippen LogP contribution in [0.2, 0.25) is 10.0 Å². The highest BCUT2D eigenvalue weighted by molar-refractivity contribution is 6.38. The standard InChI is InChI=1S/C9H9Cl2NO2/c1-4-7(12-5(2)13)3-6(10)9(14)8(4)11/h3,14H,1-2H3,(H,12,13). The number of phenolic OH excluding ortho intramolecular Hbond substituents is 1. The molecule has 5 heteroatoms. The number of amides is 1. The van der Waals surface area contributed by atoms with Crippen LogP contribution in [-0.2, 0) is 4.79 Å². The third kappa shape index (κ3) is 2.11. The average Bonchev–Trinajstić information content (AvgIpc) is 2.10. The molecular formula is C9H9Cl2NO2. The Labute approximate surface area is 91.6 Å². The van der Waals surface area contributed by atoms with E-state index in [1.54, 1.807) is 6.92 Å². The highest BCUT2D eigenvalue weighted by atomic mass is 35.5. The topological polar surface area (TPSA) is 49.3 Å². The number of aromatic hydroxyl groups is 1. The average molecular weight is 234 g/mol. The zero-order valence-electron chi connectivity index (χ0n) is 7.69. The highest BCUT2D eigenvalue weighted by Gasteiger charge is 2.12. The van der Waals surface area contributed by atoms with E-state index in [2.05, 4.69) is 5.32 Å². The molecule has 14 heavy (non-hydrogen) atoms. The minimum Gasteiger partial charge on any atom is -0.505 e. The lowest BCUT2D eigenvalue weighted by molar-refractivity contribution is -0.114. The summed E-state index contributed by atoms with van der Waals surface area (Å²) in [7, 11) is 0. The fourth-order valence-corrected chi connectivity index (χ4v) is 1.48. The molecule has 0 heterocycles. The number of nitrogens with one attached hydrogen (secondary N) is 1.